The maximum atomic E-state index is 5.19. The van der Waals surface area contributed by atoms with Crippen molar-refractivity contribution < 1.29 is 9.47 Å². The van der Waals surface area contributed by atoms with Crippen molar-refractivity contribution in [2.75, 3.05) is 33.2 Å². The maximum Gasteiger partial charge on any atom is 0.101 e. The molecule has 0 amide bonds. The van der Waals surface area contributed by atoms with Crippen LogP contribution in [0.3, 0.4) is 0 Å². The molecule has 10 heavy (non-hydrogen) atoms. The van der Waals surface area contributed by atoms with Crippen molar-refractivity contribution in [3.63, 3.8) is 0 Å². The highest BCUT2D eigenvalue weighted by Gasteiger charge is 2.10. The molecule has 1 fully saturated rings. The first kappa shape index (κ1) is 7.72. The molecule has 3 heteroatoms. The molecule has 3 nitrogen and oxygen atoms in total. The molecule has 1 aliphatic heterocycles. The van der Waals surface area contributed by atoms with Crippen molar-refractivity contribution >= 4 is 0 Å². The summed E-state index contributed by atoms with van der Waals surface area (Å²) in [5, 5.41) is 0. The summed E-state index contributed by atoms with van der Waals surface area (Å²) >= 11 is 0. The Balaban J connectivity index is 1.96. The Morgan fingerprint density at radius 1 is 1.70 bits per heavy atom. The summed E-state index contributed by atoms with van der Waals surface area (Å²) in [6.45, 7) is 7.35. The van der Waals surface area contributed by atoms with E-state index < -0.39 is 0 Å². The Kier molecular flexibility index (Phi) is 3.43. The average Bonchev–Trinajstić information content (AvgIpc) is 2.41. The standard InChI is InChI=1S/C7H13NO2/c1-2-4-9-6-8-3-5-10-7-8/h2H,1,3-7H2. The third-order valence-electron chi connectivity index (χ3n) is 1.34. The van der Waals surface area contributed by atoms with Crippen LogP contribution in [0, 0.1) is 0 Å². The van der Waals surface area contributed by atoms with Gasteiger partial charge >= 0.3 is 0 Å². The van der Waals surface area contributed by atoms with Gasteiger partial charge in [0.05, 0.1) is 13.2 Å². The van der Waals surface area contributed by atoms with Gasteiger partial charge in [-0.2, -0.15) is 0 Å². The van der Waals surface area contributed by atoms with Gasteiger partial charge in [-0.15, -0.1) is 6.58 Å². The minimum absolute atomic E-state index is 0.622. The fraction of sp³-hybridized carbons (Fsp3) is 0.714. The first-order valence-corrected chi connectivity index (χ1v) is 3.42. The van der Waals surface area contributed by atoms with E-state index in [1.807, 2.05) is 0 Å². The second-order valence-electron chi connectivity index (χ2n) is 2.22. The monoisotopic (exact) mass is 143 g/mol. The van der Waals surface area contributed by atoms with Crippen LogP contribution in [0.5, 0.6) is 0 Å². The van der Waals surface area contributed by atoms with E-state index in [0.29, 0.717) is 20.1 Å². The second kappa shape index (κ2) is 4.44. The Labute approximate surface area is 61.2 Å². The topological polar surface area (TPSA) is 21.7 Å². The van der Waals surface area contributed by atoms with Crippen molar-refractivity contribution in [2.24, 2.45) is 0 Å². The average molecular weight is 143 g/mol. The lowest BCUT2D eigenvalue weighted by molar-refractivity contribution is 0.0289. The van der Waals surface area contributed by atoms with E-state index in [-0.39, 0.29) is 0 Å². The van der Waals surface area contributed by atoms with E-state index in [0.717, 1.165) is 13.2 Å². The van der Waals surface area contributed by atoms with Crippen molar-refractivity contribution in [3.05, 3.63) is 12.7 Å². The van der Waals surface area contributed by atoms with Crippen molar-refractivity contribution in [1.82, 2.24) is 4.90 Å². The summed E-state index contributed by atoms with van der Waals surface area (Å²) in [6.07, 6.45) is 1.75. The Hall–Kier alpha value is -0.380. The molecule has 1 aliphatic rings. The number of nitrogens with zero attached hydrogens (tertiary/aromatic N) is 1. The summed E-state index contributed by atoms with van der Waals surface area (Å²) in [5.41, 5.74) is 0. The molecule has 0 aromatic heterocycles. The highest BCUT2D eigenvalue weighted by molar-refractivity contribution is 4.64. The van der Waals surface area contributed by atoms with Crippen LogP contribution < -0.4 is 0 Å². The van der Waals surface area contributed by atoms with Gasteiger partial charge in [-0.1, -0.05) is 6.08 Å². The summed E-state index contributed by atoms with van der Waals surface area (Å²) in [7, 11) is 0. The smallest absolute Gasteiger partial charge is 0.101 e. The Morgan fingerprint density at radius 3 is 3.20 bits per heavy atom. The minimum atomic E-state index is 0.622. The first-order valence-electron chi connectivity index (χ1n) is 3.42. The predicted octanol–water partition coefficient (Wildman–Crippen LogP) is 0.436. The summed E-state index contributed by atoms with van der Waals surface area (Å²) < 4.78 is 10.3. The van der Waals surface area contributed by atoms with E-state index in [4.69, 9.17) is 9.47 Å². The van der Waals surface area contributed by atoms with Crippen LogP contribution in [0.25, 0.3) is 0 Å². The zero-order valence-corrected chi connectivity index (χ0v) is 6.08. The molecule has 0 spiro atoms. The van der Waals surface area contributed by atoms with E-state index in [9.17, 15) is 0 Å². The van der Waals surface area contributed by atoms with Gasteiger partial charge in [0.15, 0.2) is 0 Å². The fourth-order valence-electron chi connectivity index (χ4n) is 0.819. The molecule has 0 unspecified atom stereocenters. The molecule has 0 aromatic rings. The van der Waals surface area contributed by atoms with Crippen molar-refractivity contribution in [1.29, 1.82) is 0 Å². The van der Waals surface area contributed by atoms with Gasteiger partial charge in [0.2, 0.25) is 0 Å². The molecule has 0 saturated carbocycles. The zero-order chi connectivity index (χ0) is 7.23. The second-order valence-corrected chi connectivity index (χ2v) is 2.22. The van der Waals surface area contributed by atoms with E-state index >= 15 is 0 Å². The molecule has 1 saturated heterocycles. The van der Waals surface area contributed by atoms with Crippen LogP contribution in [0.2, 0.25) is 0 Å². The van der Waals surface area contributed by atoms with Gasteiger partial charge in [-0.05, 0) is 0 Å². The van der Waals surface area contributed by atoms with Gasteiger partial charge in [0.1, 0.15) is 13.5 Å². The SMILES string of the molecule is C=CCOCN1CCOC1. The number of hydrogen-bond donors (Lipinski definition) is 0. The van der Waals surface area contributed by atoms with Gasteiger partial charge in [0, 0.05) is 6.54 Å². The van der Waals surface area contributed by atoms with Gasteiger partial charge in [0.25, 0.3) is 0 Å². The van der Waals surface area contributed by atoms with Crippen LogP contribution in [0.1, 0.15) is 0 Å². The molecule has 0 radical (unpaired) electrons. The molecular formula is C7H13NO2. The number of rotatable bonds is 4. The molecular weight excluding hydrogens is 130 g/mol. The highest BCUT2D eigenvalue weighted by Crippen LogP contribution is 1.97. The molecule has 0 aliphatic carbocycles. The third kappa shape index (κ3) is 2.47. The van der Waals surface area contributed by atoms with Crippen molar-refractivity contribution in [3.8, 4) is 0 Å². The van der Waals surface area contributed by atoms with E-state index in [2.05, 4.69) is 11.5 Å². The number of hydrogen-bond acceptors (Lipinski definition) is 3. The largest absolute Gasteiger partial charge is 0.365 e. The normalized spacial score (nSPS) is 19.6. The van der Waals surface area contributed by atoms with E-state index in [1.165, 1.54) is 0 Å². The first-order chi connectivity index (χ1) is 4.93. The molecule has 0 N–H and O–H groups in total. The molecule has 1 rings (SSSR count). The fourth-order valence-corrected chi connectivity index (χ4v) is 0.819. The molecule has 1 heterocycles. The van der Waals surface area contributed by atoms with E-state index in [1.54, 1.807) is 6.08 Å². The van der Waals surface area contributed by atoms with Crippen LogP contribution in [0.15, 0.2) is 12.7 Å². The zero-order valence-electron chi connectivity index (χ0n) is 6.08. The third-order valence-corrected chi connectivity index (χ3v) is 1.34. The molecule has 0 atom stereocenters. The highest BCUT2D eigenvalue weighted by atomic mass is 16.5. The Bertz CT molecular complexity index is 99.8. The Morgan fingerprint density at radius 2 is 2.60 bits per heavy atom. The van der Waals surface area contributed by atoms with Crippen LogP contribution in [-0.2, 0) is 9.47 Å². The van der Waals surface area contributed by atoms with Crippen LogP contribution in [0.4, 0.5) is 0 Å². The lowest BCUT2D eigenvalue weighted by atomic mass is 10.6. The quantitative estimate of drug-likeness (QED) is 0.421. The maximum absolute atomic E-state index is 5.19. The molecule has 0 bridgehead atoms. The van der Waals surface area contributed by atoms with Gasteiger partial charge < -0.3 is 9.47 Å². The summed E-state index contributed by atoms with van der Waals surface area (Å²) in [6, 6.07) is 0. The predicted molar refractivity (Wildman–Crippen MR) is 38.5 cm³/mol. The minimum Gasteiger partial charge on any atom is -0.365 e. The van der Waals surface area contributed by atoms with Crippen molar-refractivity contribution in [2.45, 2.75) is 0 Å². The van der Waals surface area contributed by atoms with Gasteiger partial charge in [-0.3, -0.25) is 4.90 Å². The lowest BCUT2D eigenvalue weighted by Crippen LogP contribution is -2.23. The number of ether oxygens (including phenoxy) is 2. The molecule has 0 aromatic carbocycles. The van der Waals surface area contributed by atoms with Crippen LogP contribution >= 0.6 is 0 Å². The molecule has 58 valence electrons. The van der Waals surface area contributed by atoms with Gasteiger partial charge in [-0.25, -0.2) is 0 Å². The summed E-state index contributed by atoms with van der Waals surface area (Å²) in [4.78, 5) is 2.10. The lowest BCUT2D eigenvalue weighted by Gasteiger charge is -2.11. The summed E-state index contributed by atoms with van der Waals surface area (Å²) in [5.74, 6) is 0. The van der Waals surface area contributed by atoms with Crippen LogP contribution in [-0.4, -0.2) is 38.1 Å².